The molecule has 0 spiro atoms. The molecule has 7 heterocycles. The van der Waals surface area contributed by atoms with Crippen molar-refractivity contribution in [2.45, 2.75) is 153 Å². The smallest absolute Gasteiger partial charge is 0.399 e. The lowest BCUT2D eigenvalue weighted by molar-refractivity contribution is -0.118. The molecule has 0 aromatic carbocycles. The van der Waals surface area contributed by atoms with Gasteiger partial charge in [-0.1, -0.05) is 6.07 Å². The van der Waals surface area contributed by atoms with Crippen LogP contribution in [0.15, 0.2) is 53.7 Å². The number of pyridine rings is 2. The number of hydrogen-bond acceptors (Lipinski definition) is 16. The Kier molecular flexibility index (Phi) is 17.1. The Morgan fingerprint density at radius 1 is 0.667 bits per heavy atom. The summed E-state index contributed by atoms with van der Waals surface area (Å²) in [5.74, 6) is 2.60. The lowest BCUT2D eigenvalue weighted by atomic mass is 9.80. The van der Waals surface area contributed by atoms with Gasteiger partial charge < -0.3 is 39.6 Å². The third-order valence-electron chi connectivity index (χ3n) is 13.6. The van der Waals surface area contributed by atoms with E-state index in [1.807, 2.05) is 49.6 Å². The second kappa shape index (κ2) is 21.9. The number of rotatable bonds is 8. The van der Waals surface area contributed by atoms with Gasteiger partial charge in [0.1, 0.15) is 15.8 Å². The van der Waals surface area contributed by atoms with Crippen LogP contribution in [0.5, 0.6) is 0 Å². The van der Waals surface area contributed by atoms with Gasteiger partial charge in [0.05, 0.1) is 66.0 Å². The van der Waals surface area contributed by atoms with Crippen LogP contribution < -0.4 is 25.9 Å². The lowest BCUT2D eigenvalue weighted by Crippen LogP contribution is -2.49. The quantitative estimate of drug-likeness (QED) is 0.139. The minimum absolute atomic E-state index is 0. The summed E-state index contributed by atoms with van der Waals surface area (Å²) in [7, 11) is 3.08. The molecule has 0 radical (unpaired) electrons. The van der Waals surface area contributed by atoms with Gasteiger partial charge in [-0.25, -0.2) is 19.9 Å². The fourth-order valence-corrected chi connectivity index (χ4v) is 9.08. The molecule has 3 aliphatic heterocycles. The normalized spacial score (nSPS) is 22.9. The van der Waals surface area contributed by atoms with Crippen molar-refractivity contribution in [2.75, 3.05) is 47.7 Å². The molecular formula is C48H67BBrClN10O8. The molecule has 4 aromatic rings. The monoisotopic (exact) mass is 1040 g/mol. The van der Waals surface area contributed by atoms with E-state index in [0.29, 0.717) is 51.1 Å². The van der Waals surface area contributed by atoms with Gasteiger partial charge in [-0.3, -0.25) is 29.4 Å². The van der Waals surface area contributed by atoms with Crippen molar-refractivity contribution in [2.24, 2.45) is 0 Å². The van der Waals surface area contributed by atoms with Gasteiger partial charge in [0.25, 0.3) is 0 Å². The SMILES string of the molecule is CC(C)(O)c1ccc(B2OC(C)(C)C(C)(C)O2)cn1.COC1CCC(N2C(=O)CNc3ncc(-c4ccc(C(C)(C)O)nc4)nc32)CC1.COC1CCC(N2C(=O)CNc3ncc(Br)nc32)CC1.Cl. The van der Waals surface area contributed by atoms with Crippen LogP contribution in [0.4, 0.5) is 23.3 Å². The molecule has 0 atom stereocenters. The largest absolute Gasteiger partial charge is 0.496 e. The highest BCUT2D eigenvalue weighted by Gasteiger charge is 2.52. The number of fused-ring (bicyclic) bond motifs is 2. The number of aliphatic hydroxyl groups is 2. The van der Waals surface area contributed by atoms with Crippen molar-refractivity contribution in [1.29, 1.82) is 0 Å². The zero-order valence-corrected chi connectivity index (χ0v) is 43.7. The fourth-order valence-electron chi connectivity index (χ4n) is 8.81. The van der Waals surface area contributed by atoms with E-state index in [9.17, 15) is 19.8 Å². The molecule has 1 saturated heterocycles. The Morgan fingerprint density at radius 2 is 1.12 bits per heavy atom. The first-order valence-electron chi connectivity index (χ1n) is 23.4. The molecule has 374 valence electrons. The molecule has 9 rings (SSSR count). The highest BCUT2D eigenvalue weighted by Crippen LogP contribution is 2.38. The van der Waals surface area contributed by atoms with Crippen LogP contribution >= 0.6 is 28.3 Å². The maximum Gasteiger partial charge on any atom is 0.496 e. The number of hydrogen-bond donors (Lipinski definition) is 4. The first kappa shape index (κ1) is 53.9. The second-order valence-electron chi connectivity index (χ2n) is 20.0. The molecule has 4 N–H and O–H groups in total. The number of anilines is 4. The van der Waals surface area contributed by atoms with Crippen LogP contribution in [0.25, 0.3) is 11.3 Å². The predicted molar refractivity (Wildman–Crippen MR) is 271 cm³/mol. The van der Waals surface area contributed by atoms with Gasteiger partial charge in [0.15, 0.2) is 23.3 Å². The molecule has 4 aromatic heterocycles. The Morgan fingerprint density at radius 3 is 1.54 bits per heavy atom. The van der Waals surface area contributed by atoms with Gasteiger partial charge >= 0.3 is 7.12 Å². The summed E-state index contributed by atoms with van der Waals surface area (Å²) in [4.78, 5) is 55.3. The Bertz CT molecular complexity index is 2380. The molecule has 2 aliphatic carbocycles. The maximum absolute atomic E-state index is 12.7. The summed E-state index contributed by atoms with van der Waals surface area (Å²) < 4.78 is 23.4. The standard InChI is InChI=1S/C21H27N5O3.C14H22BNO3.C13H17BrN4O2.ClH/c1-21(2,28)17-9-4-13(10-22-17)16-11-23-19-20(25-16)26(18(27)12-24-19)14-5-7-15(29-3)8-6-14;1-12(2,17)11-8-7-10(9-16-11)15-18-13(3,4)14(5,6)19-15;1-20-9-4-2-8(3-5-9)18-11(19)7-16-12-13(18)17-10(14)6-15-12;/h4,9-11,14-15,28H,5-8,12H2,1-3H3,(H,23,24);7-9,17H,1-6H3;6,8-9H,2-5,7H2,1H3,(H,15,16);1H. The number of nitrogens with one attached hydrogen (secondary N) is 2. The molecule has 0 unspecified atom stereocenters. The average Bonchev–Trinajstić information content (AvgIpc) is 3.54. The van der Waals surface area contributed by atoms with E-state index >= 15 is 0 Å². The number of aromatic nitrogens is 6. The molecule has 69 heavy (non-hydrogen) atoms. The van der Waals surface area contributed by atoms with Crippen molar-refractivity contribution in [3.63, 3.8) is 0 Å². The minimum Gasteiger partial charge on any atom is -0.399 e. The third kappa shape index (κ3) is 12.6. The Balaban J connectivity index is 0.000000174. The van der Waals surface area contributed by atoms with Crippen LogP contribution in [0, 0.1) is 0 Å². The van der Waals surface area contributed by atoms with E-state index in [1.54, 1.807) is 78.8 Å². The average molecular weight is 1040 g/mol. The number of amides is 2. The molecule has 5 aliphatic rings. The van der Waals surface area contributed by atoms with Gasteiger partial charge in [-0.05, 0) is 141 Å². The zero-order chi connectivity index (χ0) is 49.2. The van der Waals surface area contributed by atoms with Gasteiger partial charge in [0, 0.05) is 49.7 Å². The van der Waals surface area contributed by atoms with E-state index in [4.69, 9.17) is 23.8 Å². The highest BCUT2D eigenvalue weighted by molar-refractivity contribution is 9.10. The summed E-state index contributed by atoms with van der Waals surface area (Å²) >= 11 is 3.32. The number of ether oxygens (including phenoxy) is 2. The summed E-state index contributed by atoms with van der Waals surface area (Å²) in [6.07, 6.45) is 14.8. The lowest BCUT2D eigenvalue weighted by Gasteiger charge is -2.38. The molecule has 2 amide bonds. The second-order valence-corrected chi connectivity index (χ2v) is 20.8. The van der Waals surface area contributed by atoms with E-state index in [-0.39, 0.29) is 66.7 Å². The summed E-state index contributed by atoms with van der Waals surface area (Å²) in [6.45, 7) is 15.4. The third-order valence-corrected chi connectivity index (χ3v) is 14.0. The number of nitrogens with zero attached hydrogens (tertiary/aromatic N) is 8. The molecule has 21 heteroatoms. The van der Waals surface area contributed by atoms with E-state index in [1.165, 1.54) is 0 Å². The van der Waals surface area contributed by atoms with Crippen molar-refractivity contribution in [3.8, 4) is 11.3 Å². The van der Waals surface area contributed by atoms with Gasteiger partial charge in [-0.15, -0.1) is 12.4 Å². The van der Waals surface area contributed by atoms with Gasteiger partial charge in [-0.2, -0.15) is 0 Å². The summed E-state index contributed by atoms with van der Waals surface area (Å²) in [5.41, 5.74) is 0.863. The highest BCUT2D eigenvalue weighted by atomic mass is 79.9. The summed E-state index contributed by atoms with van der Waals surface area (Å²) in [6, 6.07) is 7.64. The van der Waals surface area contributed by atoms with E-state index in [0.717, 1.165) is 62.4 Å². The van der Waals surface area contributed by atoms with Crippen LogP contribution in [-0.2, 0) is 39.6 Å². The van der Waals surface area contributed by atoms with Crippen LogP contribution in [0.2, 0.25) is 0 Å². The van der Waals surface area contributed by atoms with Gasteiger partial charge in [0.2, 0.25) is 11.8 Å². The van der Waals surface area contributed by atoms with Crippen molar-refractivity contribution >= 4 is 76.0 Å². The molecular weight excluding hydrogens is 971 g/mol. The zero-order valence-electron chi connectivity index (χ0n) is 41.3. The minimum atomic E-state index is -1.01. The Hall–Kier alpha value is -4.41. The van der Waals surface area contributed by atoms with Crippen molar-refractivity contribution < 1.29 is 38.6 Å². The molecule has 0 bridgehead atoms. The summed E-state index contributed by atoms with van der Waals surface area (Å²) in [5, 5.41) is 26.1. The fraction of sp³-hybridized carbons (Fsp3) is 0.583. The van der Waals surface area contributed by atoms with Crippen molar-refractivity contribution in [3.05, 3.63) is 65.0 Å². The predicted octanol–water partition coefficient (Wildman–Crippen LogP) is 6.47. The number of carbonyl (C=O) groups excluding carboxylic acids is 2. The number of halogens is 2. The van der Waals surface area contributed by atoms with Crippen LogP contribution in [0.3, 0.4) is 0 Å². The van der Waals surface area contributed by atoms with E-state index < -0.39 is 18.3 Å². The van der Waals surface area contributed by atoms with Crippen LogP contribution in [0.1, 0.15) is 118 Å². The number of methoxy groups -OCH3 is 2. The van der Waals surface area contributed by atoms with Crippen molar-refractivity contribution in [1.82, 2.24) is 29.9 Å². The van der Waals surface area contributed by atoms with Crippen LogP contribution in [-0.4, -0.2) is 122 Å². The molecule has 3 fully saturated rings. The molecule has 2 saturated carbocycles. The Labute approximate surface area is 420 Å². The first-order valence-corrected chi connectivity index (χ1v) is 24.2. The first-order chi connectivity index (χ1) is 32.1. The van der Waals surface area contributed by atoms with E-state index in [2.05, 4.69) is 51.5 Å². The molecule has 18 nitrogen and oxygen atoms in total. The topological polar surface area (TPSA) is 219 Å². The maximum atomic E-state index is 12.7. The number of carbonyl (C=O) groups is 2.